The summed E-state index contributed by atoms with van der Waals surface area (Å²) in [7, 11) is 0. The van der Waals surface area contributed by atoms with Crippen LogP contribution in [0.25, 0.3) is 6.08 Å². The predicted molar refractivity (Wildman–Crippen MR) is 71.9 cm³/mol. The summed E-state index contributed by atoms with van der Waals surface area (Å²) >= 11 is 3.99. The Morgan fingerprint density at radius 1 is 1.56 bits per heavy atom. The minimum atomic E-state index is -0.565. The normalized spacial score (nSPS) is 10.6. The lowest BCUT2D eigenvalue weighted by Crippen LogP contribution is -2.05. The average Bonchev–Trinajstić information content (AvgIpc) is 2.36. The molecular formula is C12H13NO4S. The number of ether oxygens (including phenoxy) is 1. The first-order valence-electron chi connectivity index (χ1n) is 5.33. The van der Waals surface area contributed by atoms with Crippen LogP contribution in [0.1, 0.15) is 22.8 Å². The zero-order chi connectivity index (χ0) is 13.5. The largest absolute Gasteiger partial charge is 0.462 e. The van der Waals surface area contributed by atoms with Gasteiger partial charge in [0.2, 0.25) is 0 Å². The summed E-state index contributed by atoms with van der Waals surface area (Å²) in [6.07, 6.45) is 3.29. The van der Waals surface area contributed by atoms with E-state index in [9.17, 15) is 14.9 Å². The third-order valence-electron chi connectivity index (χ3n) is 2.14. The van der Waals surface area contributed by atoms with Gasteiger partial charge in [-0.1, -0.05) is 12.2 Å². The highest BCUT2D eigenvalue weighted by atomic mass is 32.1. The number of hydrogen-bond donors (Lipinski definition) is 1. The van der Waals surface area contributed by atoms with Crippen molar-refractivity contribution in [1.29, 1.82) is 0 Å². The molecule has 0 aliphatic heterocycles. The smallest absolute Gasteiger partial charge is 0.338 e. The lowest BCUT2D eigenvalue weighted by atomic mass is 10.1. The standard InChI is InChI=1S/C12H13NO4S/c1-2-17-12(14)10-6-5-9(4-3-7-18)11(8-10)13(15)16/h3-6,8,18H,2,7H2,1H3. The molecule has 0 bridgehead atoms. The van der Waals surface area contributed by atoms with Gasteiger partial charge in [0.05, 0.1) is 22.7 Å². The molecule has 96 valence electrons. The number of hydrogen-bond acceptors (Lipinski definition) is 5. The van der Waals surface area contributed by atoms with Crippen molar-refractivity contribution in [1.82, 2.24) is 0 Å². The Labute approximate surface area is 110 Å². The molecule has 0 fully saturated rings. The Balaban J connectivity index is 3.14. The van der Waals surface area contributed by atoms with Gasteiger partial charge in [-0.3, -0.25) is 10.1 Å². The summed E-state index contributed by atoms with van der Waals surface area (Å²) in [6, 6.07) is 4.24. The van der Waals surface area contributed by atoms with E-state index in [2.05, 4.69) is 12.6 Å². The van der Waals surface area contributed by atoms with E-state index < -0.39 is 10.9 Å². The highest BCUT2D eigenvalue weighted by molar-refractivity contribution is 7.80. The number of carbonyl (C=O) groups is 1. The van der Waals surface area contributed by atoms with E-state index >= 15 is 0 Å². The topological polar surface area (TPSA) is 69.4 Å². The molecule has 0 aliphatic carbocycles. The molecule has 0 heterocycles. The molecule has 0 saturated carbocycles. The lowest BCUT2D eigenvalue weighted by molar-refractivity contribution is -0.385. The molecule has 6 heteroatoms. The van der Waals surface area contributed by atoms with E-state index in [4.69, 9.17) is 4.74 Å². The minimum absolute atomic E-state index is 0.126. The van der Waals surface area contributed by atoms with E-state index in [0.717, 1.165) is 0 Å². The molecule has 18 heavy (non-hydrogen) atoms. The zero-order valence-electron chi connectivity index (χ0n) is 9.83. The van der Waals surface area contributed by atoms with Gasteiger partial charge in [0.15, 0.2) is 0 Å². The number of nitro benzene ring substituents is 1. The van der Waals surface area contributed by atoms with E-state index in [0.29, 0.717) is 11.3 Å². The first-order valence-corrected chi connectivity index (χ1v) is 5.96. The van der Waals surface area contributed by atoms with Gasteiger partial charge in [-0.25, -0.2) is 4.79 Å². The number of thiol groups is 1. The van der Waals surface area contributed by atoms with Crippen molar-refractivity contribution >= 4 is 30.4 Å². The van der Waals surface area contributed by atoms with Crippen LogP contribution in [0, 0.1) is 10.1 Å². The number of nitrogens with zero attached hydrogens (tertiary/aromatic N) is 1. The van der Waals surface area contributed by atoms with Crippen LogP contribution in [0.4, 0.5) is 5.69 Å². The molecule has 0 N–H and O–H groups in total. The highest BCUT2D eigenvalue weighted by Gasteiger charge is 2.16. The molecule has 0 aromatic heterocycles. The predicted octanol–water partition coefficient (Wildman–Crippen LogP) is 2.71. The van der Waals surface area contributed by atoms with Crippen LogP contribution in [0.3, 0.4) is 0 Å². The van der Waals surface area contributed by atoms with E-state index in [1.807, 2.05) is 0 Å². The molecule has 1 rings (SSSR count). The SMILES string of the molecule is CCOC(=O)c1ccc(C=CCS)c([N+](=O)[O-])c1. The van der Waals surface area contributed by atoms with Crippen molar-refractivity contribution in [3.63, 3.8) is 0 Å². The van der Waals surface area contributed by atoms with Crippen molar-refractivity contribution in [2.75, 3.05) is 12.4 Å². The Bertz CT molecular complexity index is 485. The Hall–Kier alpha value is -1.82. The van der Waals surface area contributed by atoms with Crippen LogP contribution in [-0.4, -0.2) is 23.3 Å². The van der Waals surface area contributed by atoms with Crippen molar-refractivity contribution in [3.05, 3.63) is 45.5 Å². The van der Waals surface area contributed by atoms with E-state index in [1.54, 1.807) is 19.1 Å². The second-order valence-electron chi connectivity index (χ2n) is 3.34. The van der Waals surface area contributed by atoms with Crippen LogP contribution in [0.2, 0.25) is 0 Å². The molecule has 1 aromatic rings. The monoisotopic (exact) mass is 267 g/mol. The average molecular weight is 267 g/mol. The lowest BCUT2D eigenvalue weighted by Gasteiger charge is -2.03. The maximum atomic E-state index is 11.5. The van der Waals surface area contributed by atoms with Gasteiger partial charge in [-0.05, 0) is 19.1 Å². The molecule has 0 atom stereocenters. The van der Waals surface area contributed by atoms with E-state index in [1.165, 1.54) is 18.2 Å². The van der Waals surface area contributed by atoms with Crippen LogP contribution >= 0.6 is 12.6 Å². The summed E-state index contributed by atoms with van der Waals surface area (Å²) in [6.45, 7) is 1.91. The van der Waals surface area contributed by atoms with Crippen molar-refractivity contribution in [2.45, 2.75) is 6.92 Å². The Kier molecular flexibility index (Phi) is 5.38. The fourth-order valence-corrected chi connectivity index (χ4v) is 1.47. The van der Waals surface area contributed by atoms with Crippen molar-refractivity contribution in [2.24, 2.45) is 0 Å². The number of benzene rings is 1. The van der Waals surface area contributed by atoms with E-state index in [-0.39, 0.29) is 17.9 Å². The first kappa shape index (κ1) is 14.2. The van der Waals surface area contributed by atoms with Gasteiger partial charge in [0.1, 0.15) is 0 Å². The molecule has 0 aliphatic rings. The quantitative estimate of drug-likeness (QED) is 0.385. The van der Waals surface area contributed by atoms with Gasteiger partial charge >= 0.3 is 5.97 Å². The minimum Gasteiger partial charge on any atom is -0.462 e. The van der Waals surface area contributed by atoms with Crippen LogP contribution in [0.5, 0.6) is 0 Å². The van der Waals surface area contributed by atoms with Gasteiger partial charge in [-0.15, -0.1) is 0 Å². The number of esters is 1. The van der Waals surface area contributed by atoms with Crippen LogP contribution < -0.4 is 0 Å². The Morgan fingerprint density at radius 2 is 2.28 bits per heavy atom. The summed E-state index contributed by atoms with van der Waals surface area (Å²) < 4.78 is 4.79. The number of nitro groups is 1. The van der Waals surface area contributed by atoms with Crippen molar-refractivity contribution < 1.29 is 14.5 Å². The molecule has 1 aromatic carbocycles. The summed E-state index contributed by atoms with van der Waals surface area (Å²) in [5.74, 6) is -0.0816. The summed E-state index contributed by atoms with van der Waals surface area (Å²) in [5.41, 5.74) is 0.479. The molecule has 5 nitrogen and oxygen atoms in total. The molecular weight excluding hydrogens is 254 g/mol. The first-order chi connectivity index (χ1) is 8.60. The maximum absolute atomic E-state index is 11.5. The second kappa shape index (κ2) is 6.80. The molecule has 0 unspecified atom stereocenters. The van der Waals surface area contributed by atoms with Gasteiger partial charge in [0, 0.05) is 11.8 Å². The summed E-state index contributed by atoms with van der Waals surface area (Å²) in [4.78, 5) is 21.9. The number of carbonyl (C=O) groups excluding carboxylic acids is 1. The van der Waals surface area contributed by atoms with Gasteiger partial charge < -0.3 is 4.74 Å². The Morgan fingerprint density at radius 3 is 2.83 bits per heavy atom. The second-order valence-corrected chi connectivity index (χ2v) is 3.70. The molecule has 0 radical (unpaired) electrons. The van der Waals surface area contributed by atoms with Crippen molar-refractivity contribution in [3.8, 4) is 0 Å². The molecule has 0 amide bonds. The molecule has 0 spiro atoms. The van der Waals surface area contributed by atoms with Crippen LogP contribution in [-0.2, 0) is 4.74 Å². The third-order valence-corrected chi connectivity index (χ3v) is 2.35. The fourth-order valence-electron chi connectivity index (χ4n) is 1.36. The maximum Gasteiger partial charge on any atom is 0.338 e. The van der Waals surface area contributed by atoms with Gasteiger partial charge in [0.25, 0.3) is 5.69 Å². The number of rotatable bonds is 5. The highest BCUT2D eigenvalue weighted by Crippen LogP contribution is 2.22. The van der Waals surface area contributed by atoms with Crippen LogP contribution in [0.15, 0.2) is 24.3 Å². The fraction of sp³-hybridized carbons (Fsp3) is 0.250. The molecule has 0 saturated heterocycles. The third kappa shape index (κ3) is 3.59. The summed E-state index contributed by atoms with van der Waals surface area (Å²) in [5, 5.41) is 10.9. The van der Waals surface area contributed by atoms with Gasteiger partial charge in [-0.2, -0.15) is 12.6 Å². The zero-order valence-corrected chi connectivity index (χ0v) is 10.7.